The van der Waals surface area contributed by atoms with Crippen molar-refractivity contribution in [3.8, 4) is 0 Å². The summed E-state index contributed by atoms with van der Waals surface area (Å²) in [5.74, 6) is -3.10. The molecule has 0 aliphatic heterocycles. The van der Waals surface area contributed by atoms with Gasteiger partial charge in [0, 0.05) is 13.0 Å². The van der Waals surface area contributed by atoms with Crippen LogP contribution in [-0.2, 0) is 27.4 Å². The van der Waals surface area contributed by atoms with Gasteiger partial charge in [0.15, 0.2) is 0 Å². The molecule has 0 heterocycles. The highest BCUT2D eigenvalue weighted by atomic mass is 16.5. The van der Waals surface area contributed by atoms with Gasteiger partial charge in [0.2, 0.25) is 5.91 Å². The molecule has 2 atom stereocenters. The van der Waals surface area contributed by atoms with Crippen LogP contribution in [0.3, 0.4) is 0 Å². The number of amides is 2. The molecule has 2 rings (SSSR count). The molecule has 0 aliphatic carbocycles. The Hall–Kier alpha value is -3.92. The molecule has 170 valence electrons. The summed E-state index contributed by atoms with van der Waals surface area (Å²) in [6.45, 7) is -0.202. The highest BCUT2D eigenvalue weighted by Crippen LogP contribution is 2.08. The van der Waals surface area contributed by atoms with Crippen LogP contribution < -0.4 is 10.6 Å². The van der Waals surface area contributed by atoms with E-state index in [0.717, 1.165) is 5.56 Å². The van der Waals surface area contributed by atoms with E-state index in [2.05, 4.69) is 10.6 Å². The van der Waals surface area contributed by atoms with Gasteiger partial charge in [0.05, 0.1) is 18.1 Å². The first-order chi connectivity index (χ1) is 15.2. The fraction of sp³-hybridized carbons (Fsp3) is 0.273. The molecule has 0 unspecified atom stereocenters. The first-order valence-corrected chi connectivity index (χ1v) is 9.71. The number of aromatic carboxylic acids is 1. The van der Waals surface area contributed by atoms with E-state index < -0.39 is 42.5 Å². The molecule has 0 aliphatic rings. The molecule has 0 radical (unpaired) electrons. The summed E-state index contributed by atoms with van der Waals surface area (Å²) in [5, 5.41) is 32.8. The van der Waals surface area contributed by atoms with E-state index in [-0.39, 0.29) is 25.1 Å². The van der Waals surface area contributed by atoms with Gasteiger partial charge in [-0.05, 0) is 23.3 Å². The summed E-state index contributed by atoms with van der Waals surface area (Å²) in [4.78, 5) is 46.1. The average Bonchev–Trinajstić information content (AvgIpc) is 2.76. The van der Waals surface area contributed by atoms with Gasteiger partial charge in [0.1, 0.15) is 12.6 Å². The van der Waals surface area contributed by atoms with Crippen molar-refractivity contribution in [2.24, 2.45) is 0 Å². The number of aliphatic hydroxyl groups excluding tert-OH is 1. The minimum atomic E-state index is -1.28. The lowest BCUT2D eigenvalue weighted by atomic mass is 10.0. The van der Waals surface area contributed by atoms with Crippen LogP contribution in [0.2, 0.25) is 0 Å². The van der Waals surface area contributed by atoms with Crippen molar-refractivity contribution in [2.75, 3.05) is 6.54 Å². The molecule has 10 heteroatoms. The largest absolute Gasteiger partial charge is 0.480 e. The summed E-state index contributed by atoms with van der Waals surface area (Å²) in [6, 6.07) is 13.3. The first kappa shape index (κ1) is 24.4. The second-order valence-corrected chi connectivity index (χ2v) is 6.97. The number of carboxylic acids is 2. The van der Waals surface area contributed by atoms with Crippen molar-refractivity contribution >= 4 is 23.9 Å². The third-order valence-corrected chi connectivity index (χ3v) is 4.39. The summed E-state index contributed by atoms with van der Waals surface area (Å²) in [7, 11) is 0. The maximum Gasteiger partial charge on any atom is 0.407 e. The number of alkyl carbamates (subject to hydrolysis) is 1. The predicted octanol–water partition coefficient (Wildman–Crippen LogP) is 1.17. The van der Waals surface area contributed by atoms with Crippen LogP contribution in [-0.4, -0.2) is 57.9 Å². The number of aliphatic carboxylic acids is 1. The second-order valence-electron chi connectivity index (χ2n) is 6.97. The van der Waals surface area contributed by atoms with E-state index >= 15 is 0 Å². The number of carboxylic acid groups (broad SMARTS) is 2. The van der Waals surface area contributed by atoms with Gasteiger partial charge in [-0.1, -0.05) is 42.5 Å². The lowest BCUT2D eigenvalue weighted by Gasteiger charge is -2.17. The quantitative estimate of drug-likeness (QED) is 0.345. The van der Waals surface area contributed by atoms with Crippen LogP contribution in [0.4, 0.5) is 4.79 Å². The molecule has 2 amide bonds. The molecule has 0 aromatic heterocycles. The van der Waals surface area contributed by atoms with E-state index in [9.17, 15) is 29.4 Å². The molecule has 5 N–H and O–H groups in total. The summed E-state index contributed by atoms with van der Waals surface area (Å²) in [6.07, 6.45) is -2.51. The average molecular weight is 444 g/mol. The Bertz CT molecular complexity index is 931. The van der Waals surface area contributed by atoms with Crippen molar-refractivity contribution in [2.45, 2.75) is 31.6 Å². The van der Waals surface area contributed by atoms with E-state index in [4.69, 9.17) is 9.84 Å². The van der Waals surface area contributed by atoms with Crippen molar-refractivity contribution in [3.63, 3.8) is 0 Å². The number of hydrogen-bond acceptors (Lipinski definition) is 6. The minimum absolute atomic E-state index is 0.0526. The summed E-state index contributed by atoms with van der Waals surface area (Å²) >= 11 is 0. The molecule has 0 bridgehead atoms. The van der Waals surface area contributed by atoms with E-state index in [1.807, 2.05) is 6.07 Å². The van der Waals surface area contributed by atoms with Crippen LogP contribution in [0.5, 0.6) is 0 Å². The molecule has 0 saturated heterocycles. The maximum atomic E-state index is 12.1. The van der Waals surface area contributed by atoms with Crippen LogP contribution >= 0.6 is 0 Å². The normalized spacial score (nSPS) is 12.3. The molecular weight excluding hydrogens is 420 g/mol. The van der Waals surface area contributed by atoms with Crippen LogP contribution in [0.1, 0.15) is 27.9 Å². The molecule has 0 spiro atoms. The number of carbonyl (C=O) groups is 4. The van der Waals surface area contributed by atoms with Gasteiger partial charge in [0.25, 0.3) is 0 Å². The molecular formula is C22H24N2O8. The summed E-state index contributed by atoms with van der Waals surface area (Å²) in [5.41, 5.74) is 1.37. The molecule has 0 saturated carbocycles. The monoisotopic (exact) mass is 444 g/mol. The van der Waals surface area contributed by atoms with Crippen LogP contribution in [0.25, 0.3) is 0 Å². The Labute approximate surface area is 183 Å². The number of ether oxygens (including phenoxy) is 1. The van der Waals surface area contributed by atoms with Gasteiger partial charge < -0.3 is 30.7 Å². The van der Waals surface area contributed by atoms with Crippen LogP contribution in [0.15, 0.2) is 54.6 Å². The Balaban J connectivity index is 1.76. The van der Waals surface area contributed by atoms with Crippen molar-refractivity contribution in [1.82, 2.24) is 10.6 Å². The van der Waals surface area contributed by atoms with Gasteiger partial charge in [-0.3, -0.25) is 4.79 Å². The zero-order valence-corrected chi connectivity index (χ0v) is 17.1. The minimum Gasteiger partial charge on any atom is -0.480 e. The van der Waals surface area contributed by atoms with Gasteiger partial charge in [-0.25, -0.2) is 14.4 Å². The Kier molecular flexibility index (Phi) is 9.18. The number of benzene rings is 2. The van der Waals surface area contributed by atoms with E-state index in [1.165, 1.54) is 24.3 Å². The number of rotatable bonds is 11. The fourth-order valence-corrected chi connectivity index (χ4v) is 2.73. The third kappa shape index (κ3) is 8.44. The van der Waals surface area contributed by atoms with Gasteiger partial charge >= 0.3 is 18.0 Å². The number of nitrogens with one attached hydrogen (secondary N) is 2. The first-order valence-electron chi connectivity index (χ1n) is 9.71. The molecule has 2 aromatic rings. The summed E-state index contributed by atoms with van der Waals surface area (Å²) < 4.78 is 4.99. The van der Waals surface area contributed by atoms with E-state index in [1.54, 1.807) is 24.3 Å². The number of aliphatic hydroxyl groups is 1. The smallest absolute Gasteiger partial charge is 0.407 e. The zero-order valence-electron chi connectivity index (χ0n) is 17.1. The van der Waals surface area contributed by atoms with Gasteiger partial charge in [-0.2, -0.15) is 0 Å². The maximum absolute atomic E-state index is 12.1. The number of hydrogen-bond donors (Lipinski definition) is 5. The zero-order chi connectivity index (χ0) is 23.5. The molecule has 10 nitrogen and oxygen atoms in total. The third-order valence-electron chi connectivity index (χ3n) is 4.39. The van der Waals surface area contributed by atoms with E-state index in [0.29, 0.717) is 5.56 Å². The fourth-order valence-electron chi connectivity index (χ4n) is 2.73. The molecule has 0 fully saturated rings. The standard InChI is InChI=1S/C22H24N2O8/c25-17(12-23-22(31)32-13-15-4-2-1-3-5-15)11-19(26)24-18(21(29)30)10-14-6-8-16(9-7-14)20(27)28/h1-9,17-18,25H,10-13H2,(H,23,31)(H,24,26)(H,27,28)(H,29,30)/t17-,18+/m0/s1. The lowest BCUT2D eigenvalue weighted by Crippen LogP contribution is -2.44. The van der Waals surface area contributed by atoms with Crippen molar-refractivity contribution in [1.29, 1.82) is 0 Å². The Morgan fingerprint density at radius 3 is 2.16 bits per heavy atom. The lowest BCUT2D eigenvalue weighted by molar-refractivity contribution is -0.142. The molecule has 2 aromatic carbocycles. The number of carbonyl (C=O) groups excluding carboxylic acids is 2. The Morgan fingerprint density at radius 2 is 1.56 bits per heavy atom. The predicted molar refractivity (Wildman–Crippen MR) is 112 cm³/mol. The topological polar surface area (TPSA) is 162 Å². The van der Waals surface area contributed by atoms with Crippen molar-refractivity contribution in [3.05, 3.63) is 71.3 Å². The second kappa shape index (κ2) is 12.1. The molecule has 32 heavy (non-hydrogen) atoms. The van der Waals surface area contributed by atoms with Crippen LogP contribution in [0, 0.1) is 0 Å². The SMILES string of the molecule is O=C(C[C@H](O)CNC(=O)OCc1ccccc1)N[C@H](Cc1ccc(C(=O)O)cc1)C(=O)O. The van der Waals surface area contributed by atoms with Gasteiger partial charge in [-0.15, -0.1) is 0 Å². The van der Waals surface area contributed by atoms with Crippen molar-refractivity contribution < 1.29 is 39.2 Å². The Morgan fingerprint density at radius 1 is 0.906 bits per heavy atom. The highest BCUT2D eigenvalue weighted by Gasteiger charge is 2.22. The highest BCUT2D eigenvalue weighted by molar-refractivity contribution is 5.87.